The molecule has 58 heavy (non-hydrogen) atoms. The number of aromatic hydroxyl groups is 1. The summed E-state index contributed by atoms with van der Waals surface area (Å²) < 4.78 is 19.8. The van der Waals surface area contributed by atoms with Gasteiger partial charge in [0, 0.05) is 42.2 Å². The summed E-state index contributed by atoms with van der Waals surface area (Å²) in [6.45, 7) is 4.36. The number of fused-ring (bicyclic) bond motifs is 4. The Morgan fingerprint density at radius 1 is 0.862 bits per heavy atom. The van der Waals surface area contributed by atoms with Crippen molar-refractivity contribution in [2.75, 3.05) is 25.1 Å². The number of carbonyl (C=O) groups excluding carboxylic acids is 4. The Kier molecular flexibility index (Phi) is 9.84. The van der Waals surface area contributed by atoms with E-state index in [-0.39, 0.29) is 48.8 Å². The Hall–Kier alpha value is -5.52. The van der Waals surface area contributed by atoms with Crippen molar-refractivity contribution < 1.29 is 33.4 Å². The van der Waals surface area contributed by atoms with Crippen molar-refractivity contribution in [1.82, 2.24) is 14.8 Å². The maximum Gasteiger partial charge on any atom is 0.260 e. The molecule has 0 unspecified atom stereocenters. The van der Waals surface area contributed by atoms with Gasteiger partial charge in [-0.25, -0.2) is 4.39 Å². The van der Waals surface area contributed by atoms with Crippen molar-refractivity contribution >= 4 is 40.9 Å². The van der Waals surface area contributed by atoms with Gasteiger partial charge in [0.05, 0.1) is 35.5 Å². The van der Waals surface area contributed by atoms with Crippen molar-refractivity contribution in [1.29, 1.82) is 0 Å². The van der Waals surface area contributed by atoms with E-state index < -0.39 is 52.6 Å². The number of hydrogen-bond donors (Lipinski definition) is 2. The van der Waals surface area contributed by atoms with Crippen molar-refractivity contribution in [2.45, 2.75) is 56.5 Å². The molecule has 5 aliphatic rings. The van der Waals surface area contributed by atoms with Crippen molar-refractivity contribution in [3.8, 4) is 11.5 Å². The van der Waals surface area contributed by atoms with E-state index in [1.807, 2.05) is 24.3 Å². The van der Waals surface area contributed by atoms with Crippen LogP contribution in [-0.2, 0) is 31.1 Å². The minimum atomic E-state index is -1.62. The van der Waals surface area contributed by atoms with Crippen LogP contribution in [0.4, 0.5) is 10.1 Å². The van der Waals surface area contributed by atoms with Gasteiger partial charge in [-0.2, -0.15) is 5.01 Å². The second-order valence-electron chi connectivity index (χ2n) is 16.0. The molecule has 12 heteroatoms. The van der Waals surface area contributed by atoms with E-state index >= 15 is 4.79 Å². The molecular weight excluding hydrogens is 759 g/mol. The highest BCUT2D eigenvalue weighted by Crippen LogP contribution is 2.65. The Bertz CT molecular complexity index is 2300. The first kappa shape index (κ1) is 38.0. The summed E-state index contributed by atoms with van der Waals surface area (Å²) in [5.41, 5.74) is 4.47. The molecule has 1 saturated carbocycles. The molecule has 0 aromatic heterocycles. The quantitative estimate of drug-likeness (QED) is 0.135. The summed E-state index contributed by atoms with van der Waals surface area (Å²) in [6, 6.07) is 27.3. The number of hydrogen-bond acceptors (Lipinski definition) is 8. The smallest absolute Gasteiger partial charge is 0.260 e. The third-order valence-electron chi connectivity index (χ3n) is 13.1. The lowest BCUT2D eigenvalue weighted by Crippen LogP contribution is -2.53. The lowest BCUT2D eigenvalue weighted by atomic mass is 9.49. The SMILES string of the molecule is CCOc1cccc([C@H]2C3=CC[C@@H]4C(=O)N(C5CCN(Cc6ccccc6)CC5)C(=O)[C@@H]4[C@@H]3C[C@H]3C(=O)N(Nc4ccc(F)cc4)C(=O)[C@@]23c2ccc(Cl)cc2)c1O. The van der Waals surface area contributed by atoms with Gasteiger partial charge in [-0.3, -0.25) is 34.4 Å². The van der Waals surface area contributed by atoms with Gasteiger partial charge in [0.2, 0.25) is 11.8 Å². The number of piperidine rings is 1. The van der Waals surface area contributed by atoms with E-state index in [9.17, 15) is 23.9 Å². The van der Waals surface area contributed by atoms with Crippen molar-refractivity contribution in [2.24, 2.45) is 23.7 Å². The summed E-state index contributed by atoms with van der Waals surface area (Å²) in [5, 5.41) is 13.4. The highest BCUT2D eigenvalue weighted by Gasteiger charge is 2.71. The molecule has 2 aliphatic carbocycles. The molecule has 3 aliphatic heterocycles. The van der Waals surface area contributed by atoms with Crippen molar-refractivity contribution in [3.63, 3.8) is 0 Å². The van der Waals surface area contributed by atoms with E-state index in [0.717, 1.165) is 30.2 Å². The zero-order valence-electron chi connectivity index (χ0n) is 32.0. The Morgan fingerprint density at radius 2 is 1.59 bits per heavy atom. The first-order chi connectivity index (χ1) is 28.1. The Morgan fingerprint density at radius 3 is 2.29 bits per heavy atom. The molecule has 4 aromatic rings. The number of allylic oxidation sites excluding steroid dienone is 2. The molecule has 3 heterocycles. The lowest BCUT2D eigenvalue weighted by Gasteiger charge is -2.50. The van der Waals surface area contributed by atoms with E-state index in [2.05, 4.69) is 22.5 Å². The number of imide groups is 2. The van der Waals surface area contributed by atoms with Crippen LogP contribution >= 0.6 is 11.6 Å². The highest BCUT2D eigenvalue weighted by atomic mass is 35.5. The first-order valence-electron chi connectivity index (χ1n) is 20.1. The third kappa shape index (κ3) is 6.09. The van der Waals surface area contributed by atoms with Crippen LogP contribution < -0.4 is 10.2 Å². The first-order valence-corrected chi connectivity index (χ1v) is 20.4. The average Bonchev–Trinajstić information content (AvgIpc) is 3.61. The summed E-state index contributed by atoms with van der Waals surface area (Å²) in [4.78, 5) is 63.5. The fourth-order valence-electron chi connectivity index (χ4n) is 10.6. The Labute approximate surface area is 341 Å². The number of benzene rings is 4. The predicted octanol–water partition coefficient (Wildman–Crippen LogP) is 7.23. The van der Waals surface area contributed by atoms with E-state index in [0.29, 0.717) is 34.7 Å². The number of hydrazine groups is 1. The summed E-state index contributed by atoms with van der Waals surface area (Å²) in [5.74, 6) is -5.90. The number of likely N-dealkylation sites (tertiary alicyclic amines) is 2. The number of para-hydroxylation sites is 1. The van der Waals surface area contributed by atoms with Gasteiger partial charge in [0.1, 0.15) is 5.82 Å². The molecule has 9 rings (SSSR count). The minimum absolute atomic E-state index is 0.104. The van der Waals surface area contributed by atoms with Gasteiger partial charge in [0.15, 0.2) is 11.5 Å². The van der Waals surface area contributed by atoms with E-state index in [1.165, 1.54) is 34.7 Å². The standard InChI is InChI=1S/C46H44ClFN4O6/c1-2-58-38-10-6-9-35(41(38)53)40-33-19-20-34-39(44(56)51(42(34)54)32-21-23-50(24-22-32)26-27-7-4-3-5-8-27)36(33)25-37-43(55)52(49-31-17-15-30(48)16-18-31)45(57)46(37,40)28-11-13-29(47)14-12-28/h3-19,32,34,36-37,39-40,49,53H,2,20-26H2,1H3/t34-,36+,37-,39-,40+,46+/m0/s1. The van der Waals surface area contributed by atoms with Crippen LogP contribution in [0.2, 0.25) is 5.02 Å². The molecule has 6 atom stereocenters. The molecule has 0 bridgehead atoms. The van der Waals surface area contributed by atoms with E-state index in [1.54, 1.807) is 49.4 Å². The number of carbonyl (C=O) groups is 4. The van der Waals surface area contributed by atoms with Crippen LogP contribution in [0.5, 0.6) is 11.5 Å². The van der Waals surface area contributed by atoms with Crippen LogP contribution in [0.1, 0.15) is 55.2 Å². The van der Waals surface area contributed by atoms with Crippen LogP contribution in [-0.4, -0.2) is 69.3 Å². The van der Waals surface area contributed by atoms with Gasteiger partial charge in [-0.05, 0) is 92.1 Å². The predicted molar refractivity (Wildman–Crippen MR) is 215 cm³/mol. The second kappa shape index (κ2) is 15.0. The molecule has 4 fully saturated rings. The maximum absolute atomic E-state index is 15.4. The maximum atomic E-state index is 15.4. The van der Waals surface area contributed by atoms with Crippen molar-refractivity contribution in [3.05, 3.63) is 136 Å². The molecule has 0 radical (unpaired) electrons. The van der Waals surface area contributed by atoms with Gasteiger partial charge < -0.3 is 9.84 Å². The van der Waals surface area contributed by atoms with Crippen LogP contribution in [0, 0.1) is 29.5 Å². The number of anilines is 1. The minimum Gasteiger partial charge on any atom is -0.504 e. The number of phenolic OH excluding ortho intramolecular Hbond substituents is 1. The van der Waals surface area contributed by atoms with Gasteiger partial charge in [-0.1, -0.05) is 77.8 Å². The largest absolute Gasteiger partial charge is 0.504 e. The second-order valence-corrected chi connectivity index (χ2v) is 16.5. The average molecular weight is 803 g/mol. The van der Waals surface area contributed by atoms with E-state index in [4.69, 9.17) is 16.3 Å². The summed E-state index contributed by atoms with van der Waals surface area (Å²) in [6.07, 6.45) is 3.67. The lowest BCUT2D eigenvalue weighted by molar-refractivity contribution is -0.144. The van der Waals surface area contributed by atoms with Crippen LogP contribution in [0.15, 0.2) is 109 Å². The molecule has 3 saturated heterocycles. The molecular formula is C46H44ClFN4O6. The number of rotatable bonds is 9. The van der Waals surface area contributed by atoms with Gasteiger partial charge in [0.25, 0.3) is 11.8 Å². The number of halogens is 2. The zero-order chi connectivity index (χ0) is 40.3. The van der Waals surface area contributed by atoms with Crippen LogP contribution in [0.25, 0.3) is 0 Å². The van der Waals surface area contributed by atoms with Gasteiger partial charge >= 0.3 is 0 Å². The monoisotopic (exact) mass is 802 g/mol. The van der Waals surface area contributed by atoms with Crippen LogP contribution in [0.3, 0.4) is 0 Å². The summed E-state index contributed by atoms with van der Waals surface area (Å²) in [7, 11) is 0. The Balaban J connectivity index is 1.13. The molecule has 10 nitrogen and oxygen atoms in total. The molecule has 0 spiro atoms. The fraction of sp³-hybridized carbons (Fsp3) is 0.348. The normalized spacial score (nSPS) is 27.3. The summed E-state index contributed by atoms with van der Waals surface area (Å²) >= 11 is 6.41. The topological polar surface area (TPSA) is 119 Å². The molecule has 4 amide bonds. The number of ether oxygens (including phenoxy) is 1. The third-order valence-corrected chi connectivity index (χ3v) is 13.4. The zero-order valence-corrected chi connectivity index (χ0v) is 32.8. The molecule has 298 valence electrons. The molecule has 4 aromatic carbocycles. The number of amides is 4. The number of nitrogens with zero attached hydrogens (tertiary/aromatic N) is 3. The number of nitrogens with one attached hydrogen (secondary N) is 1. The highest BCUT2D eigenvalue weighted by molar-refractivity contribution is 6.30. The van der Waals surface area contributed by atoms with Gasteiger partial charge in [-0.15, -0.1) is 0 Å². The molecule has 2 N–H and O–H groups in total. The number of phenols is 1. The fourth-order valence-corrected chi connectivity index (χ4v) is 10.7.